The normalized spacial score (nSPS) is 11.6. The first kappa shape index (κ1) is 23.9. The lowest BCUT2D eigenvalue weighted by atomic mass is 10.0. The number of phenolic OH excluding ortho intramolecular Hbond substituents is 1. The number of carbonyl (C=O) groups excluding carboxylic acids is 2. The second-order valence-electron chi connectivity index (χ2n) is 7.15. The number of hydrogen-bond acceptors (Lipinski definition) is 7. The van der Waals surface area contributed by atoms with Crippen LogP contribution in [0.2, 0.25) is 0 Å². The van der Waals surface area contributed by atoms with Gasteiger partial charge in [0.15, 0.2) is 5.75 Å². The van der Waals surface area contributed by atoms with Crippen molar-refractivity contribution < 1.29 is 24.4 Å². The van der Waals surface area contributed by atoms with Gasteiger partial charge in [-0.3, -0.25) is 19.7 Å². The molecular formula is C24H22N4O6. The van der Waals surface area contributed by atoms with E-state index in [1.807, 2.05) is 6.07 Å². The third kappa shape index (κ3) is 6.16. The van der Waals surface area contributed by atoms with Crippen LogP contribution < -0.4 is 15.5 Å². The molecule has 0 aliphatic heterocycles. The minimum Gasteiger partial charge on any atom is -0.500 e. The highest BCUT2D eigenvalue weighted by Crippen LogP contribution is 2.36. The Morgan fingerprint density at radius 2 is 1.76 bits per heavy atom. The summed E-state index contributed by atoms with van der Waals surface area (Å²) in [4.78, 5) is 35.5. The highest BCUT2D eigenvalue weighted by Gasteiger charge is 2.20. The van der Waals surface area contributed by atoms with Gasteiger partial charge in [-0.15, -0.1) is 0 Å². The highest BCUT2D eigenvalue weighted by molar-refractivity contribution is 5.94. The van der Waals surface area contributed by atoms with Gasteiger partial charge in [-0.1, -0.05) is 48.5 Å². The maximum absolute atomic E-state index is 12.6. The molecule has 1 atom stereocenters. The number of nitro benzene ring substituents is 1. The zero-order chi connectivity index (χ0) is 24.5. The largest absolute Gasteiger partial charge is 0.500 e. The number of hydrazone groups is 1. The van der Waals surface area contributed by atoms with Crippen molar-refractivity contribution in [3.8, 4) is 11.5 Å². The first-order chi connectivity index (χ1) is 16.4. The van der Waals surface area contributed by atoms with Crippen LogP contribution >= 0.6 is 0 Å². The molecule has 0 radical (unpaired) electrons. The average molecular weight is 462 g/mol. The number of rotatable bonds is 9. The van der Waals surface area contributed by atoms with Crippen LogP contribution in [0.5, 0.6) is 11.5 Å². The van der Waals surface area contributed by atoms with Gasteiger partial charge in [0.2, 0.25) is 11.7 Å². The van der Waals surface area contributed by atoms with Gasteiger partial charge in [0.25, 0.3) is 5.91 Å². The summed E-state index contributed by atoms with van der Waals surface area (Å²) in [6.45, 7) is 0. The van der Waals surface area contributed by atoms with Gasteiger partial charge < -0.3 is 15.2 Å². The van der Waals surface area contributed by atoms with E-state index in [9.17, 15) is 24.8 Å². The summed E-state index contributed by atoms with van der Waals surface area (Å²) < 4.78 is 4.94. The van der Waals surface area contributed by atoms with Crippen LogP contribution in [0.25, 0.3) is 0 Å². The number of phenols is 1. The number of carbonyl (C=O) groups is 2. The van der Waals surface area contributed by atoms with Gasteiger partial charge in [-0.25, -0.2) is 5.43 Å². The molecular weight excluding hydrogens is 440 g/mol. The maximum Gasteiger partial charge on any atom is 0.315 e. The van der Waals surface area contributed by atoms with Crippen LogP contribution in [0.4, 0.5) is 5.69 Å². The SMILES string of the molecule is COc1cc(/C=N\NC(=O)C[C@H](NC(=O)c2ccccc2)c2ccccc2)cc([N+](=O)[O-])c1O. The molecule has 174 valence electrons. The first-order valence-electron chi connectivity index (χ1n) is 10.2. The molecule has 3 aromatic rings. The average Bonchev–Trinajstić information content (AvgIpc) is 2.85. The summed E-state index contributed by atoms with van der Waals surface area (Å²) in [6.07, 6.45) is 1.09. The number of nitrogens with zero attached hydrogens (tertiary/aromatic N) is 2. The molecule has 0 aromatic heterocycles. The molecule has 3 rings (SSSR count). The Bertz CT molecular complexity index is 1200. The van der Waals surface area contributed by atoms with Crippen molar-refractivity contribution in [2.24, 2.45) is 5.10 Å². The molecule has 10 heteroatoms. The Morgan fingerprint density at radius 3 is 2.38 bits per heavy atom. The van der Waals surface area contributed by atoms with E-state index in [-0.39, 0.29) is 23.6 Å². The zero-order valence-corrected chi connectivity index (χ0v) is 18.2. The minimum atomic E-state index is -0.756. The molecule has 0 saturated heterocycles. The molecule has 0 unspecified atom stereocenters. The lowest BCUT2D eigenvalue weighted by Crippen LogP contribution is -2.32. The molecule has 0 heterocycles. The number of hydrogen-bond donors (Lipinski definition) is 3. The van der Waals surface area contributed by atoms with E-state index in [2.05, 4.69) is 15.8 Å². The second kappa shape index (κ2) is 11.2. The summed E-state index contributed by atoms with van der Waals surface area (Å²) in [5.41, 5.74) is 3.23. The van der Waals surface area contributed by atoms with E-state index in [0.29, 0.717) is 5.56 Å². The molecule has 0 saturated carbocycles. The van der Waals surface area contributed by atoms with Crippen molar-refractivity contribution in [3.63, 3.8) is 0 Å². The van der Waals surface area contributed by atoms with Crippen molar-refractivity contribution in [1.82, 2.24) is 10.7 Å². The number of nitro groups is 1. The van der Waals surface area contributed by atoms with Crippen molar-refractivity contribution in [1.29, 1.82) is 0 Å². The van der Waals surface area contributed by atoms with Crippen LogP contribution in [0, 0.1) is 10.1 Å². The predicted molar refractivity (Wildman–Crippen MR) is 125 cm³/mol. The third-order valence-corrected chi connectivity index (χ3v) is 4.83. The quantitative estimate of drug-likeness (QED) is 0.253. The van der Waals surface area contributed by atoms with Crippen LogP contribution in [-0.4, -0.2) is 35.2 Å². The van der Waals surface area contributed by atoms with Gasteiger partial charge in [0.1, 0.15) is 0 Å². The van der Waals surface area contributed by atoms with E-state index in [4.69, 9.17) is 4.74 Å². The Morgan fingerprint density at radius 1 is 1.12 bits per heavy atom. The fourth-order valence-corrected chi connectivity index (χ4v) is 3.16. The lowest BCUT2D eigenvalue weighted by molar-refractivity contribution is -0.386. The fraction of sp³-hybridized carbons (Fsp3) is 0.125. The Hall–Kier alpha value is -4.73. The van der Waals surface area contributed by atoms with Crippen LogP contribution in [0.15, 0.2) is 77.9 Å². The van der Waals surface area contributed by atoms with Gasteiger partial charge in [-0.2, -0.15) is 5.10 Å². The number of nitrogens with one attached hydrogen (secondary N) is 2. The van der Waals surface area contributed by atoms with Gasteiger partial charge in [-0.05, 0) is 23.8 Å². The van der Waals surface area contributed by atoms with Crippen molar-refractivity contribution in [2.75, 3.05) is 7.11 Å². The standard InChI is InChI=1S/C24H22N4O6/c1-34-21-13-16(12-20(23(21)30)28(32)33)15-25-27-22(29)14-19(17-8-4-2-5-9-17)26-24(31)18-10-6-3-7-11-18/h2-13,15,19,30H,14H2,1H3,(H,26,31)(H,27,29)/b25-15-/t19-/m0/s1. The first-order valence-corrected chi connectivity index (χ1v) is 10.2. The lowest BCUT2D eigenvalue weighted by Gasteiger charge is -2.18. The van der Waals surface area contributed by atoms with Crippen LogP contribution in [0.3, 0.4) is 0 Å². The zero-order valence-electron chi connectivity index (χ0n) is 18.2. The van der Waals surface area contributed by atoms with Crippen molar-refractivity contribution in [3.05, 3.63) is 99.6 Å². The molecule has 3 N–H and O–H groups in total. The molecule has 3 aromatic carbocycles. The Balaban J connectivity index is 1.71. The van der Waals surface area contributed by atoms with Gasteiger partial charge >= 0.3 is 5.69 Å². The van der Waals surface area contributed by atoms with Crippen molar-refractivity contribution in [2.45, 2.75) is 12.5 Å². The Kier molecular flexibility index (Phi) is 7.90. The Labute approximate surface area is 195 Å². The van der Waals surface area contributed by atoms with Gasteiger partial charge in [0, 0.05) is 17.2 Å². The van der Waals surface area contributed by atoms with E-state index >= 15 is 0 Å². The predicted octanol–water partition coefficient (Wildman–Crippen LogP) is 3.32. The number of methoxy groups -OCH3 is 1. The summed E-state index contributed by atoms with van der Waals surface area (Å²) in [6, 6.07) is 19.5. The third-order valence-electron chi connectivity index (χ3n) is 4.83. The van der Waals surface area contributed by atoms with Crippen LogP contribution in [-0.2, 0) is 4.79 Å². The number of ether oxygens (including phenoxy) is 1. The molecule has 0 aliphatic carbocycles. The van der Waals surface area contributed by atoms with Gasteiger partial charge in [0.05, 0.1) is 30.7 Å². The summed E-state index contributed by atoms with van der Waals surface area (Å²) in [7, 11) is 1.26. The smallest absolute Gasteiger partial charge is 0.315 e. The topological polar surface area (TPSA) is 143 Å². The summed E-state index contributed by atoms with van der Waals surface area (Å²) >= 11 is 0. The summed E-state index contributed by atoms with van der Waals surface area (Å²) in [5.74, 6) is -1.52. The maximum atomic E-state index is 12.6. The van der Waals surface area contributed by atoms with Crippen molar-refractivity contribution >= 4 is 23.7 Å². The molecule has 0 spiro atoms. The number of aromatic hydroxyl groups is 1. The second-order valence-corrected chi connectivity index (χ2v) is 7.15. The molecule has 0 bridgehead atoms. The fourth-order valence-electron chi connectivity index (χ4n) is 3.16. The van der Waals surface area contributed by atoms with E-state index in [1.165, 1.54) is 19.4 Å². The molecule has 0 aliphatic rings. The minimum absolute atomic E-state index is 0.0982. The molecule has 34 heavy (non-hydrogen) atoms. The molecule has 2 amide bonds. The number of amides is 2. The molecule has 10 nitrogen and oxygen atoms in total. The van der Waals surface area contributed by atoms with E-state index in [0.717, 1.165) is 11.6 Å². The van der Waals surface area contributed by atoms with E-state index < -0.39 is 28.3 Å². The molecule has 0 fully saturated rings. The van der Waals surface area contributed by atoms with E-state index in [1.54, 1.807) is 54.6 Å². The van der Waals surface area contributed by atoms with Crippen LogP contribution in [0.1, 0.15) is 33.9 Å². The highest BCUT2D eigenvalue weighted by atomic mass is 16.6. The summed E-state index contributed by atoms with van der Waals surface area (Å²) in [5, 5.41) is 27.6. The number of benzene rings is 3. The monoisotopic (exact) mass is 462 g/mol.